The molecule has 1 saturated heterocycles. The Bertz CT molecular complexity index is 444. The average molecular weight is 281 g/mol. The molecule has 2 atom stereocenters. The Morgan fingerprint density at radius 3 is 2.84 bits per heavy atom. The predicted octanol–water partition coefficient (Wildman–Crippen LogP) is 2.25. The maximum Gasteiger partial charge on any atom is 0.308 e. The maximum atomic E-state index is 12.2. The quantitative estimate of drug-likeness (QED) is 0.900. The second-order valence-electron chi connectivity index (χ2n) is 5.10. The number of hydrogen-bond acceptors (Lipinski definition) is 3. The minimum absolute atomic E-state index is 0.0447. The molecule has 4 nitrogen and oxygen atoms in total. The van der Waals surface area contributed by atoms with Gasteiger partial charge in [-0.2, -0.15) is 11.3 Å². The normalized spacial score (nSPS) is 22.7. The molecule has 2 heterocycles. The summed E-state index contributed by atoms with van der Waals surface area (Å²) in [6, 6.07) is 1.94. The van der Waals surface area contributed by atoms with Crippen LogP contribution in [0.2, 0.25) is 0 Å². The van der Waals surface area contributed by atoms with Crippen molar-refractivity contribution in [1.82, 2.24) is 4.90 Å². The molecule has 1 aromatic heterocycles. The fourth-order valence-corrected chi connectivity index (χ4v) is 3.37. The summed E-state index contributed by atoms with van der Waals surface area (Å²) in [7, 11) is 0. The van der Waals surface area contributed by atoms with E-state index in [2.05, 4.69) is 6.92 Å². The fraction of sp³-hybridized carbons (Fsp3) is 0.571. The number of thiophene rings is 1. The van der Waals surface area contributed by atoms with E-state index in [-0.39, 0.29) is 11.8 Å². The van der Waals surface area contributed by atoms with Crippen molar-refractivity contribution in [2.75, 3.05) is 13.1 Å². The Morgan fingerprint density at radius 1 is 1.47 bits per heavy atom. The van der Waals surface area contributed by atoms with Gasteiger partial charge in [-0.25, -0.2) is 0 Å². The van der Waals surface area contributed by atoms with E-state index in [9.17, 15) is 14.7 Å². The molecular weight excluding hydrogens is 262 g/mol. The van der Waals surface area contributed by atoms with Crippen LogP contribution in [0.15, 0.2) is 16.8 Å². The number of likely N-dealkylation sites (tertiary alicyclic amines) is 1. The zero-order valence-corrected chi connectivity index (χ0v) is 11.9. The topological polar surface area (TPSA) is 57.6 Å². The number of aliphatic carboxylic acids is 1. The molecule has 1 aliphatic heterocycles. The van der Waals surface area contributed by atoms with Crippen LogP contribution in [0.3, 0.4) is 0 Å². The predicted molar refractivity (Wildman–Crippen MR) is 74.1 cm³/mol. The van der Waals surface area contributed by atoms with Gasteiger partial charge < -0.3 is 10.0 Å². The lowest BCUT2D eigenvalue weighted by molar-refractivity contribution is -0.142. The van der Waals surface area contributed by atoms with E-state index in [1.807, 2.05) is 16.8 Å². The summed E-state index contributed by atoms with van der Waals surface area (Å²) in [6.07, 6.45) is 2.22. The number of nitrogens with zero attached hydrogens (tertiary/aromatic N) is 1. The lowest BCUT2D eigenvalue weighted by Gasteiger charge is -2.15. The third-order valence-electron chi connectivity index (χ3n) is 3.71. The Hall–Kier alpha value is -1.36. The van der Waals surface area contributed by atoms with Crippen LogP contribution < -0.4 is 0 Å². The lowest BCUT2D eigenvalue weighted by atomic mass is 9.92. The molecule has 2 rings (SSSR count). The van der Waals surface area contributed by atoms with E-state index in [0.29, 0.717) is 19.5 Å². The van der Waals surface area contributed by atoms with Crippen molar-refractivity contribution >= 4 is 23.2 Å². The van der Waals surface area contributed by atoms with Gasteiger partial charge in [0.15, 0.2) is 0 Å². The molecular formula is C14H19NO3S. The molecule has 1 N–H and O–H groups in total. The summed E-state index contributed by atoms with van der Waals surface area (Å²) in [6.45, 7) is 3.01. The smallest absolute Gasteiger partial charge is 0.308 e. The first-order valence-corrected chi connectivity index (χ1v) is 7.57. The van der Waals surface area contributed by atoms with Crippen LogP contribution >= 0.6 is 11.3 Å². The molecule has 0 unspecified atom stereocenters. The van der Waals surface area contributed by atoms with Crippen LogP contribution in [0, 0.1) is 11.8 Å². The summed E-state index contributed by atoms with van der Waals surface area (Å²) in [5.41, 5.74) is 1.01. The second kappa shape index (κ2) is 6.19. The first-order valence-electron chi connectivity index (χ1n) is 6.63. The van der Waals surface area contributed by atoms with Gasteiger partial charge in [0.1, 0.15) is 0 Å². The lowest BCUT2D eigenvalue weighted by Crippen LogP contribution is -2.31. The highest BCUT2D eigenvalue weighted by molar-refractivity contribution is 7.07. The minimum atomic E-state index is -0.774. The summed E-state index contributed by atoms with van der Waals surface area (Å²) in [4.78, 5) is 25.1. The largest absolute Gasteiger partial charge is 0.481 e. The Labute approximate surface area is 117 Å². The van der Waals surface area contributed by atoms with Gasteiger partial charge in [0.25, 0.3) is 0 Å². The summed E-state index contributed by atoms with van der Waals surface area (Å²) < 4.78 is 0. The third kappa shape index (κ3) is 3.35. The highest BCUT2D eigenvalue weighted by atomic mass is 32.1. The molecule has 0 aromatic carbocycles. The van der Waals surface area contributed by atoms with Crippen LogP contribution in [0.25, 0.3) is 0 Å². The minimum Gasteiger partial charge on any atom is -0.481 e. The number of carbonyl (C=O) groups excluding carboxylic acids is 1. The average Bonchev–Trinajstić information content (AvgIpc) is 2.98. The van der Waals surface area contributed by atoms with Crippen LogP contribution in [-0.2, 0) is 16.0 Å². The maximum absolute atomic E-state index is 12.2. The Balaban J connectivity index is 1.98. The Morgan fingerprint density at radius 2 is 2.26 bits per heavy atom. The summed E-state index contributed by atoms with van der Waals surface area (Å²) in [5.74, 6) is -1.02. The van der Waals surface area contributed by atoms with Crippen molar-refractivity contribution in [3.8, 4) is 0 Å². The molecule has 0 saturated carbocycles. The van der Waals surface area contributed by atoms with E-state index in [1.54, 1.807) is 16.2 Å². The van der Waals surface area contributed by atoms with Crippen molar-refractivity contribution in [2.24, 2.45) is 11.8 Å². The molecule has 0 aliphatic carbocycles. The van der Waals surface area contributed by atoms with Crippen molar-refractivity contribution in [1.29, 1.82) is 0 Å². The van der Waals surface area contributed by atoms with Crippen LogP contribution in [-0.4, -0.2) is 35.0 Å². The van der Waals surface area contributed by atoms with Gasteiger partial charge in [-0.1, -0.05) is 13.3 Å². The van der Waals surface area contributed by atoms with Crippen molar-refractivity contribution in [3.63, 3.8) is 0 Å². The summed E-state index contributed by atoms with van der Waals surface area (Å²) in [5, 5.41) is 13.1. The highest BCUT2D eigenvalue weighted by Gasteiger charge is 2.38. The van der Waals surface area contributed by atoms with Gasteiger partial charge in [0.2, 0.25) is 5.91 Å². The first kappa shape index (κ1) is 14.1. The van der Waals surface area contributed by atoms with Crippen LogP contribution in [0.1, 0.15) is 25.3 Å². The third-order valence-corrected chi connectivity index (χ3v) is 4.44. The SMILES string of the molecule is CCC[C@H]1CN(C(=O)Cc2ccsc2)C[C@@H]1C(=O)O. The highest BCUT2D eigenvalue weighted by Crippen LogP contribution is 2.28. The van der Waals surface area contributed by atoms with E-state index in [4.69, 9.17) is 0 Å². The van der Waals surface area contributed by atoms with Gasteiger partial charge in [-0.05, 0) is 34.7 Å². The molecule has 0 bridgehead atoms. The number of amides is 1. The van der Waals surface area contributed by atoms with Gasteiger partial charge in [-0.3, -0.25) is 9.59 Å². The van der Waals surface area contributed by atoms with Crippen molar-refractivity contribution in [3.05, 3.63) is 22.4 Å². The van der Waals surface area contributed by atoms with Crippen LogP contribution in [0.5, 0.6) is 0 Å². The number of rotatable bonds is 5. The van der Waals surface area contributed by atoms with Crippen molar-refractivity contribution < 1.29 is 14.7 Å². The molecule has 1 amide bonds. The van der Waals surface area contributed by atoms with E-state index in [0.717, 1.165) is 18.4 Å². The van der Waals surface area contributed by atoms with Gasteiger partial charge >= 0.3 is 5.97 Å². The molecule has 5 heteroatoms. The molecule has 1 aliphatic rings. The standard InChI is InChI=1S/C14H19NO3S/c1-2-3-11-7-15(8-12(11)14(17)18)13(16)6-10-4-5-19-9-10/h4-5,9,11-12H,2-3,6-8H2,1H3,(H,17,18)/t11-,12-/m0/s1. The molecule has 0 radical (unpaired) electrons. The molecule has 0 spiro atoms. The number of carboxylic acid groups (broad SMARTS) is 1. The number of carboxylic acids is 1. The monoisotopic (exact) mass is 281 g/mol. The van der Waals surface area contributed by atoms with Gasteiger partial charge in [0.05, 0.1) is 12.3 Å². The number of hydrogen-bond donors (Lipinski definition) is 1. The van der Waals surface area contributed by atoms with E-state index in [1.165, 1.54) is 0 Å². The zero-order chi connectivity index (χ0) is 13.8. The van der Waals surface area contributed by atoms with E-state index >= 15 is 0 Å². The molecule has 104 valence electrons. The second-order valence-corrected chi connectivity index (χ2v) is 5.88. The zero-order valence-electron chi connectivity index (χ0n) is 11.0. The van der Waals surface area contributed by atoms with Gasteiger partial charge in [-0.15, -0.1) is 0 Å². The van der Waals surface area contributed by atoms with E-state index < -0.39 is 11.9 Å². The van der Waals surface area contributed by atoms with Crippen LogP contribution in [0.4, 0.5) is 0 Å². The van der Waals surface area contributed by atoms with Crippen molar-refractivity contribution in [2.45, 2.75) is 26.2 Å². The molecule has 19 heavy (non-hydrogen) atoms. The molecule has 1 aromatic rings. The van der Waals surface area contributed by atoms with Gasteiger partial charge in [0, 0.05) is 13.1 Å². The Kier molecular flexibility index (Phi) is 4.58. The number of carbonyl (C=O) groups is 2. The molecule has 1 fully saturated rings. The summed E-state index contributed by atoms with van der Waals surface area (Å²) >= 11 is 1.57. The first-order chi connectivity index (χ1) is 9.11. The fourth-order valence-electron chi connectivity index (χ4n) is 2.70.